The highest BCUT2D eigenvalue weighted by Gasteiger charge is 2.20. The van der Waals surface area contributed by atoms with Crippen molar-refractivity contribution in [3.05, 3.63) is 59.1 Å². The third-order valence-electron chi connectivity index (χ3n) is 3.66. The number of aromatic nitrogens is 3. The molecule has 2 aromatic heterocycles. The molecule has 1 N–H and O–H groups in total. The van der Waals surface area contributed by atoms with Gasteiger partial charge < -0.3 is 9.88 Å². The maximum atomic E-state index is 12.9. The van der Waals surface area contributed by atoms with E-state index in [9.17, 15) is 4.79 Å². The zero-order valence-corrected chi connectivity index (χ0v) is 13.7. The molecule has 0 saturated carbocycles. The molecular formula is C17H17ClN4O. The first-order valence-electron chi connectivity index (χ1n) is 7.40. The van der Waals surface area contributed by atoms with Crippen molar-refractivity contribution in [3.8, 4) is 0 Å². The van der Waals surface area contributed by atoms with E-state index in [0.29, 0.717) is 17.4 Å². The van der Waals surface area contributed by atoms with Crippen LogP contribution in [0.1, 0.15) is 29.8 Å². The highest BCUT2D eigenvalue weighted by Crippen LogP contribution is 2.19. The molecule has 0 radical (unpaired) electrons. The predicted molar refractivity (Wildman–Crippen MR) is 90.4 cm³/mol. The molecule has 0 spiro atoms. The van der Waals surface area contributed by atoms with Crippen LogP contribution < -0.4 is 0 Å². The molecule has 0 saturated heterocycles. The second-order valence-electron chi connectivity index (χ2n) is 5.65. The van der Waals surface area contributed by atoms with Gasteiger partial charge in [0.05, 0.1) is 11.0 Å². The van der Waals surface area contributed by atoms with Crippen molar-refractivity contribution in [1.29, 1.82) is 0 Å². The van der Waals surface area contributed by atoms with Crippen molar-refractivity contribution in [2.24, 2.45) is 0 Å². The Morgan fingerprint density at radius 2 is 2.17 bits per heavy atom. The number of amides is 1. The van der Waals surface area contributed by atoms with Crippen molar-refractivity contribution in [3.63, 3.8) is 0 Å². The third kappa shape index (κ3) is 3.35. The van der Waals surface area contributed by atoms with Crippen LogP contribution in [0.25, 0.3) is 11.0 Å². The summed E-state index contributed by atoms with van der Waals surface area (Å²) in [5.41, 5.74) is 3.11. The number of H-pyrrole nitrogens is 1. The van der Waals surface area contributed by atoms with Crippen molar-refractivity contribution in [2.75, 3.05) is 0 Å². The minimum Gasteiger partial charge on any atom is -0.332 e. The normalized spacial score (nSPS) is 11.1. The minimum atomic E-state index is -0.0310. The number of pyridine rings is 1. The molecule has 6 heteroatoms. The number of rotatable bonds is 4. The number of hydrogen-bond donors (Lipinski definition) is 1. The lowest BCUT2D eigenvalue weighted by atomic mass is 10.1. The molecule has 5 nitrogen and oxygen atoms in total. The molecule has 1 amide bonds. The van der Waals surface area contributed by atoms with Crippen LogP contribution >= 0.6 is 11.6 Å². The zero-order valence-electron chi connectivity index (χ0n) is 13.0. The fourth-order valence-corrected chi connectivity index (χ4v) is 2.65. The van der Waals surface area contributed by atoms with Crippen LogP contribution in [0.3, 0.4) is 0 Å². The largest absolute Gasteiger partial charge is 0.332 e. The van der Waals surface area contributed by atoms with Gasteiger partial charge >= 0.3 is 0 Å². The number of nitrogens with one attached hydrogen (secondary N) is 1. The lowest BCUT2D eigenvalue weighted by molar-refractivity contribution is 0.0690. The number of aromatic amines is 1. The molecule has 118 valence electrons. The first-order chi connectivity index (χ1) is 11.0. The smallest absolute Gasteiger partial charge is 0.254 e. The second-order valence-corrected chi connectivity index (χ2v) is 6.01. The summed E-state index contributed by atoms with van der Waals surface area (Å²) >= 11 is 5.87. The quantitative estimate of drug-likeness (QED) is 0.795. The van der Waals surface area contributed by atoms with E-state index in [1.54, 1.807) is 30.6 Å². The Labute approximate surface area is 139 Å². The lowest BCUT2D eigenvalue weighted by Gasteiger charge is -2.27. The number of imidazole rings is 1. The fraction of sp³-hybridized carbons (Fsp3) is 0.235. The van der Waals surface area contributed by atoms with Gasteiger partial charge in [0.1, 0.15) is 0 Å². The summed E-state index contributed by atoms with van der Waals surface area (Å²) in [7, 11) is 0. The molecule has 1 aromatic carbocycles. The molecule has 23 heavy (non-hydrogen) atoms. The van der Waals surface area contributed by atoms with E-state index in [4.69, 9.17) is 11.6 Å². The monoisotopic (exact) mass is 328 g/mol. The van der Waals surface area contributed by atoms with E-state index in [0.717, 1.165) is 16.6 Å². The van der Waals surface area contributed by atoms with Gasteiger partial charge in [0.2, 0.25) is 5.28 Å². The third-order valence-corrected chi connectivity index (χ3v) is 3.84. The SMILES string of the molecule is CC(C)N(Cc1cccnc1)C(=O)c1ccc2nc(Cl)[nH]c2c1. The number of fused-ring (bicyclic) bond motifs is 1. The summed E-state index contributed by atoms with van der Waals surface area (Å²) in [6.07, 6.45) is 3.50. The summed E-state index contributed by atoms with van der Waals surface area (Å²) in [5, 5.41) is 0.320. The van der Waals surface area contributed by atoms with E-state index in [1.807, 2.05) is 30.9 Å². The summed E-state index contributed by atoms with van der Waals surface area (Å²) < 4.78 is 0. The number of benzene rings is 1. The van der Waals surface area contributed by atoms with E-state index in [-0.39, 0.29) is 11.9 Å². The number of carbonyl (C=O) groups is 1. The van der Waals surface area contributed by atoms with Gasteiger partial charge in [-0.25, -0.2) is 4.98 Å². The van der Waals surface area contributed by atoms with Crippen molar-refractivity contribution < 1.29 is 4.79 Å². The van der Waals surface area contributed by atoms with E-state index >= 15 is 0 Å². The van der Waals surface area contributed by atoms with E-state index in [1.165, 1.54) is 0 Å². The molecule has 0 aliphatic heterocycles. The summed E-state index contributed by atoms with van der Waals surface area (Å²) in [6, 6.07) is 9.27. The van der Waals surface area contributed by atoms with E-state index < -0.39 is 0 Å². The van der Waals surface area contributed by atoms with Gasteiger partial charge in [0, 0.05) is 30.5 Å². The molecule has 0 fully saturated rings. The van der Waals surface area contributed by atoms with Gasteiger partial charge in [0.25, 0.3) is 5.91 Å². The number of halogens is 1. The van der Waals surface area contributed by atoms with Gasteiger partial charge in [-0.15, -0.1) is 0 Å². The Bertz CT molecular complexity index is 829. The Hall–Kier alpha value is -2.40. The molecule has 3 rings (SSSR count). The fourth-order valence-electron chi connectivity index (χ4n) is 2.45. The van der Waals surface area contributed by atoms with Gasteiger partial charge in [-0.2, -0.15) is 0 Å². The Morgan fingerprint density at radius 3 is 2.87 bits per heavy atom. The standard InChI is InChI=1S/C17H17ClN4O/c1-11(2)22(10-12-4-3-7-19-9-12)16(23)13-5-6-14-15(8-13)21-17(18)20-14/h3-9,11H,10H2,1-2H3,(H,20,21). The Kier molecular flexibility index (Phi) is 4.30. The topological polar surface area (TPSA) is 61.9 Å². The first kappa shape index (κ1) is 15.5. The van der Waals surface area contributed by atoms with Gasteiger partial charge in [-0.1, -0.05) is 6.07 Å². The average molecular weight is 329 g/mol. The second kappa shape index (κ2) is 6.38. The van der Waals surface area contributed by atoms with Gasteiger partial charge in [-0.05, 0) is 55.3 Å². The minimum absolute atomic E-state index is 0.0310. The van der Waals surface area contributed by atoms with Crippen LogP contribution in [0.5, 0.6) is 0 Å². The van der Waals surface area contributed by atoms with E-state index in [2.05, 4.69) is 15.0 Å². The van der Waals surface area contributed by atoms with Crippen LogP contribution in [-0.2, 0) is 6.54 Å². The Balaban J connectivity index is 1.90. The molecule has 0 aliphatic carbocycles. The van der Waals surface area contributed by atoms with Crippen LogP contribution in [0, 0.1) is 0 Å². The lowest BCUT2D eigenvalue weighted by Crippen LogP contribution is -2.36. The average Bonchev–Trinajstić information content (AvgIpc) is 2.91. The van der Waals surface area contributed by atoms with Crippen molar-refractivity contribution >= 4 is 28.5 Å². The summed E-state index contributed by atoms with van der Waals surface area (Å²) in [5.74, 6) is -0.0310. The van der Waals surface area contributed by atoms with Crippen LogP contribution in [0.15, 0.2) is 42.7 Å². The van der Waals surface area contributed by atoms with Crippen LogP contribution in [0.2, 0.25) is 5.28 Å². The molecular weight excluding hydrogens is 312 g/mol. The van der Waals surface area contributed by atoms with Crippen molar-refractivity contribution in [2.45, 2.75) is 26.4 Å². The number of carbonyl (C=O) groups excluding carboxylic acids is 1. The van der Waals surface area contributed by atoms with Crippen LogP contribution in [-0.4, -0.2) is 31.8 Å². The number of nitrogens with zero attached hydrogens (tertiary/aromatic N) is 3. The Morgan fingerprint density at radius 1 is 1.35 bits per heavy atom. The number of hydrogen-bond acceptors (Lipinski definition) is 3. The summed E-state index contributed by atoms with van der Waals surface area (Å²) in [6.45, 7) is 4.52. The highest BCUT2D eigenvalue weighted by molar-refractivity contribution is 6.29. The maximum Gasteiger partial charge on any atom is 0.254 e. The van der Waals surface area contributed by atoms with Gasteiger partial charge in [-0.3, -0.25) is 9.78 Å². The van der Waals surface area contributed by atoms with Crippen molar-refractivity contribution in [1.82, 2.24) is 19.9 Å². The highest BCUT2D eigenvalue weighted by atomic mass is 35.5. The molecule has 0 unspecified atom stereocenters. The van der Waals surface area contributed by atoms with Crippen LogP contribution in [0.4, 0.5) is 0 Å². The van der Waals surface area contributed by atoms with Gasteiger partial charge in [0.15, 0.2) is 0 Å². The zero-order chi connectivity index (χ0) is 16.4. The molecule has 0 bridgehead atoms. The molecule has 0 aliphatic rings. The predicted octanol–water partition coefficient (Wildman–Crippen LogP) is 3.66. The molecule has 2 heterocycles. The maximum absolute atomic E-state index is 12.9. The molecule has 3 aromatic rings. The summed E-state index contributed by atoms with van der Waals surface area (Å²) in [4.78, 5) is 25.9. The molecule has 0 atom stereocenters. The first-order valence-corrected chi connectivity index (χ1v) is 7.77.